The SMILES string of the molecule is CN(Cc1cn(-c2ccccc2)nc1-c1cccs1)C(=O)CCc1ccco1. The van der Waals surface area contributed by atoms with E-state index in [0.717, 1.165) is 27.6 Å². The summed E-state index contributed by atoms with van der Waals surface area (Å²) in [6, 6.07) is 17.8. The molecule has 4 rings (SSSR count). The zero-order chi connectivity index (χ0) is 19.3. The first-order valence-corrected chi connectivity index (χ1v) is 10.0. The topological polar surface area (TPSA) is 51.3 Å². The van der Waals surface area contributed by atoms with Gasteiger partial charge in [-0.2, -0.15) is 5.10 Å². The van der Waals surface area contributed by atoms with Gasteiger partial charge in [-0.15, -0.1) is 11.3 Å². The molecule has 0 radical (unpaired) electrons. The molecule has 0 spiro atoms. The Balaban J connectivity index is 1.54. The van der Waals surface area contributed by atoms with Crippen LogP contribution in [0.15, 0.2) is 76.9 Å². The van der Waals surface area contributed by atoms with E-state index >= 15 is 0 Å². The van der Waals surface area contributed by atoms with E-state index in [1.165, 1.54) is 0 Å². The Bertz CT molecular complexity index is 1020. The van der Waals surface area contributed by atoms with Crippen molar-refractivity contribution in [3.63, 3.8) is 0 Å². The zero-order valence-corrected chi connectivity index (χ0v) is 16.4. The van der Waals surface area contributed by atoms with Crippen LogP contribution in [0.2, 0.25) is 0 Å². The standard InChI is InChI=1S/C22H21N3O2S/c1-24(21(26)12-11-19-9-5-13-27-19)15-17-16-25(18-7-3-2-4-8-18)23-22(17)20-10-6-14-28-20/h2-10,13-14,16H,11-12,15H2,1H3. The molecule has 6 heteroatoms. The van der Waals surface area contributed by atoms with Gasteiger partial charge in [0, 0.05) is 38.2 Å². The highest BCUT2D eigenvalue weighted by Gasteiger charge is 2.17. The number of aryl methyl sites for hydroxylation is 1. The van der Waals surface area contributed by atoms with E-state index in [1.807, 2.05) is 71.8 Å². The van der Waals surface area contributed by atoms with Gasteiger partial charge in [0.15, 0.2) is 0 Å². The van der Waals surface area contributed by atoms with E-state index in [9.17, 15) is 4.79 Å². The van der Waals surface area contributed by atoms with Crippen molar-refractivity contribution in [3.05, 3.63) is 83.8 Å². The summed E-state index contributed by atoms with van der Waals surface area (Å²) in [5.41, 5.74) is 2.95. The van der Waals surface area contributed by atoms with Crippen molar-refractivity contribution in [1.82, 2.24) is 14.7 Å². The molecule has 0 bridgehead atoms. The van der Waals surface area contributed by atoms with Gasteiger partial charge in [0.25, 0.3) is 0 Å². The number of thiophene rings is 1. The first kappa shape index (κ1) is 18.3. The van der Waals surface area contributed by atoms with Crippen LogP contribution < -0.4 is 0 Å². The van der Waals surface area contributed by atoms with Crippen molar-refractivity contribution in [3.8, 4) is 16.3 Å². The number of hydrogen-bond donors (Lipinski definition) is 0. The average Bonchev–Trinajstić information content (AvgIpc) is 3.47. The van der Waals surface area contributed by atoms with Crippen LogP contribution in [0, 0.1) is 0 Å². The van der Waals surface area contributed by atoms with Crippen molar-refractivity contribution in [1.29, 1.82) is 0 Å². The van der Waals surface area contributed by atoms with Gasteiger partial charge in [0.1, 0.15) is 11.5 Å². The first-order chi connectivity index (χ1) is 13.7. The van der Waals surface area contributed by atoms with Crippen LogP contribution in [0.25, 0.3) is 16.3 Å². The molecule has 3 heterocycles. The maximum absolute atomic E-state index is 12.6. The Morgan fingerprint density at radius 2 is 2.00 bits per heavy atom. The highest BCUT2D eigenvalue weighted by Crippen LogP contribution is 2.28. The predicted molar refractivity (Wildman–Crippen MR) is 110 cm³/mol. The molecule has 0 aliphatic carbocycles. The van der Waals surface area contributed by atoms with Crippen molar-refractivity contribution >= 4 is 17.2 Å². The van der Waals surface area contributed by atoms with Gasteiger partial charge in [0.05, 0.1) is 16.8 Å². The predicted octanol–water partition coefficient (Wildman–Crippen LogP) is 4.79. The fraction of sp³-hybridized carbons (Fsp3) is 0.182. The Hall–Kier alpha value is -3.12. The smallest absolute Gasteiger partial charge is 0.223 e. The number of aromatic nitrogens is 2. The molecule has 0 fully saturated rings. The van der Waals surface area contributed by atoms with Crippen LogP contribution in [-0.4, -0.2) is 27.6 Å². The number of para-hydroxylation sites is 1. The number of nitrogens with zero attached hydrogens (tertiary/aromatic N) is 3. The lowest BCUT2D eigenvalue weighted by Crippen LogP contribution is -2.26. The number of amides is 1. The van der Waals surface area contributed by atoms with Gasteiger partial charge in [-0.3, -0.25) is 4.79 Å². The van der Waals surface area contributed by atoms with Crippen molar-refractivity contribution in [2.24, 2.45) is 0 Å². The van der Waals surface area contributed by atoms with Gasteiger partial charge in [0.2, 0.25) is 5.91 Å². The number of hydrogen-bond acceptors (Lipinski definition) is 4. The Morgan fingerprint density at radius 3 is 2.71 bits per heavy atom. The summed E-state index contributed by atoms with van der Waals surface area (Å²) in [5.74, 6) is 0.916. The third kappa shape index (κ3) is 4.07. The van der Waals surface area contributed by atoms with Crippen LogP contribution in [0.1, 0.15) is 17.7 Å². The number of rotatable bonds is 7. The van der Waals surface area contributed by atoms with Crippen molar-refractivity contribution in [2.45, 2.75) is 19.4 Å². The normalized spacial score (nSPS) is 10.9. The maximum Gasteiger partial charge on any atom is 0.223 e. The largest absolute Gasteiger partial charge is 0.469 e. The number of carbonyl (C=O) groups is 1. The lowest BCUT2D eigenvalue weighted by atomic mass is 10.2. The van der Waals surface area contributed by atoms with Gasteiger partial charge >= 0.3 is 0 Å². The van der Waals surface area contributed by atoms with Crippen molar-refractivity contribution in [2.75, 3.05) is 7.05 Å². The summed E-state index contributed by atoms with van der Waals surface area (Å²) in [5, 5.41) is 6.84. The van der Waals surface area contributed by atoms with Crippen LogP contribution in [0.5, 0.6) is 0 Å². The molecule has 0 saturated carbocycles. The molecule has 28 heavy (non-hydrogen) atoms. The zero-order valence-electron chi connectivity index (χ0n) is 15.6. The third-order valence-corrected chi connectivity index (χ3v) is 5.44. The van der Waals surface area contributed by atoms with E-state index in [1.54, 1.807) is 22.5 Å². The van der Waals surface area contributed by atoms with Gasteiger partial charge in [-0.1, -0.05) is 24.3 Å². The van der Waals surface area contributed by atoms with Crippen LogP contribution in [0.4, 0.5) is 0 Å². The first-order valence-electron chi connectivity index (χ1n) is 9.15. The minimum atomic E-state index is 0.0843. The monoisotopic (exact) mass is 391 g/mol. The lowest BCUT2D eigenvalue weighted by molar-refractivity contribution is -0.130. The molecular formula is C22H21N3O2S. The number of furan rings is 1. The molecule has 0 unspecified atom stereocenters. The summed E-state index contributed by atoms with van der Waals surface area (Å²) in [4.78, 5) is 15.4. The molecule has 0 aliphatic rings. The fourth-order valence-corrected chi connectivity index (χ4v) is 3.82. The van der Waals surface area contributed by atoms with Gasteiger partial charge in [-0.05, 0) is 35.7 Å². The summed E-state index contributed by atoms with van der Waals surface area (Å²) in [6.07, 6.45) is 4.68. The Morgan fingerprint density at radius 1 is 1.14 bits per heavy atom. The Kier molecular flexibility index (Phi) is 5.39. The number of benzene rings is 1. The summed E-state index contributed by atoms with van der Waals surface area (Å²) >= 11 is 1.65. The lowest BCUT2D eigenvalue weighted by Gasteiger charge is -2.16. The van der Waals surface area contributed by atoms with E-state index < -0.39 is 0 Å². The fourth-order valence-electron chi connectivity index (χ4n) is 3.08. The molecule has 5 nitrogen and oxygen atoms in total. The number of carbonyl (C=O) groups excluding carboxylic acids is 1. The van der Waals surface area contributed by atoms with Crippen LogP contribution in [-0.2, 0) is 17.8 Å². The van der Waals surface area contributed by atoms with E-state index in [2.05, 4.69) is 6.07 Å². The average molecular weight is 391 g/mol. The van der Waals surface area contributed by atoms with Crippen molar-refractivity contribution < 1.29 is 9.21 Å². The Labute approximate surface area is 167 Å². The minimum Gasteiger partial charge on any atom is -0.469 e. The van der Waals surface area contributed by atoms with E-state index in [4.69, 9.17) is 9.52 Å². The molecule has 0 N–H and O–H groups in total. The van der Waals surface area contributed by atoms with Gasteiger partial charge in [-0.25, -0.2) is 4.68 Å². The van der Waals surface area contributed by atoms with Gasteiger partial charge < -0.3 is 9.32 Å². The maximum atomic E-state index is 12.6. The quantitative estimate of drug-likeness (QED) is 0.455. The minimum absolute atomic E-state index is 0.0843. The molecule has 0 saturated heterocycles. The molecule has 142 valence electrons. The second-order valence-electron chi connectivity index (χ2n) is 6.59. The molecule has 0 aliphatic heterocycles. The van der Waals surface area contributed by atoms with Crippen LogP contribution >= 0.6 is 11.3 Å². The molecule has 4 aromatic rings. The molecule has 1 amide bonds. The summed E-state index contributed by atoms with van der Waals surface area (Å²) in [7, 11) is 1.84. The van der Waals surface area contributed by atoms with Crippen LogP contribution in [0.3, 0.4) is 0 Å². The second kappa shape index (κ2) is 8.27. The van der Waals surface area contributed by atoms with E-state index in [-0.39, 0.29) is 5.91 Å². The van der Waals surface area contributed by atoms with E-state index in [0.29, 0.717) is 19.4 Å². The highest BCUT2D eigenvalue weighted by atomic mass is 32.1. The second-order valence-corrected chi connectivity index (χ2v) is 7.54. The summed E-state index contributed by atoms with van der Waals surface area (Å²) < 4.78 is 7.20. The third-order valence-electron chi connectivity index (χ3n) is 4.56. The highest BCUT2D eigenvalue weighted by molar-refractivity contribution is 7.13. The molecule has 0 atom stereocenters. The molecular weight excluding hydrogens is 370 g/mol. The summed E-state index contributed by atoms with van der Waals surface area (Å²) in [6.45, 7) is 0.511. The molecule has 1 aromatic carbocycles. The molecule has 3 aromatic heterocycles.